The maximum absolute atomic E-state index is 6.12. The first-order valence-electron chi connectivity index (χ1n) is 9.38. The molecule has 0 bridgehead atoms. The highest BCUT2D eigenvalue weighted by molar-refractivity contribution is 5.15. The minimum absolute atomic E-state index is 0.316. The molecule has 1 aromatic heterocycles. The normalized spacial score (nSPS) is 23.1. The Kier molecular flexibility index (Phi) is 5.40. The highest BCUT2D eigenvalue weighted by atomic mass is 16.5. The van der Waals surface area contributed by atoms with E-state index in [4.69, 9.17) is 4.74 Å². The minimum atomic E-state index is 0.316. The van der Waals surface area contributed by atoms with E-state index in [1.165, 1.54) is 11.3 Å². The van der Waals surface area contributed by atoms with Gasteiger partial charge in [-0.1, -0.05) is 36.4 Å². The SMILES string of the molecule is c1ccc(CN2CCCO[C@@H](CN3CC(c4ccccn4)C3)C2)cc1. The number of aromatic nitrogens is 1. The van der Waals surface area contributed by atoms with Crippen LogP contribution in [0.25, 0.3) is 0 Å². The number of benzene rings is 1. The fourth-order valence-electron chi connectivity index (χ4n) is 3.88. The van der Waals surface area contributed by atoms with Crippen LogP contribution in [0.15, 0.2) is 54.7 Å². The Morgan fingerprint density at radius 3 is 2.60 bits per heavy atom. The van der Waals surface area contributed by atoms with Crippen molar-refractivity contribution in [2.75, 3.05) is 39.3 Å². The Labute approximate surface area is 150 Å². The molecule has 0 spiro atoms. The summed E-state index contributed by atoms with van der Waals surface area (Å²) >= 11 is 0. The zero-order valence-electron chi connectivity index (χ0n) is 14.8. The smallest absolute Gasteiger partial charge is 0.0828 e. The molecule has 0 saturated carbocycles. The number of hydrogen-bond acceptors (Lipinski definition) is 4. The lowest BCUT2D eigenvalue weighted by Gasteiger charge is -2.41. The molecule has 0 N–H and O–H groups in total. The van der Waals surface area contributed by atoms with E-state index in [1.54, 1.807) is 0 Å². The van der Waals surface area contributed by atoms with Crippen LogP contribution in [0.2, 0.25) is 0 Å². The molecular weight excluding hydrogens is 310 g/mol. The third-order valence-electron chi connectivity index (χ3n) is 5.21. The van der Waals surface area contributed by atoms with E-state index >= 15 is 0 Å². The van der Waals surface area contributed by atoms with Gasteiger partial charge in [0.2, 0.25) is 0 Å². The van der Waals surface area contributed by atoms with Gasteiger partial charge in [-0.3, -0.25) is 14.8 Å². The summed E-state index contributed by atoms with van der Waals surface area (Å²) < 4.78 is 6.12. The van der Waals surface area contributed by atoms with Gasteiger partial charge in [0.25, 0.3) is 0 Å². The summed E-state index contributed by atoms with van der Waals surface area (Å²) in [4.78, 5) is 9.54. The number of nitrogens with zero attached hydrogens (tertiary/aromatic N) is 3. The topological polar surface area (TPSA) is 28.6 Å². The molecule has 0 amide bonds. The first-order chi connectivity index (χ1) is 12.4. The molecule has 2 saturated heterocycles. The molecule has 0 unspecified atom stereocenters. The molecule has 4 heteroatoms. The lowest BCUT2D eigenvalue weighted by Crippen LogP contribution is -2.50. The van der Waals surface area contributed by atoms with Crippen LogP contribution in [-0.4, -0.2) is 60.2 Å². The van der Waals surface area contributed by atoms with Gasteiger partial charge < -0.3 is 4.74 Å². The van der Waals surface area contributed by atoms with Gasteiger partial charge in [0.15, 0.2) is 0 Å². The van der Waals surface area contributed by atoms with Crippen LogP contribution in [0, 0.1) is 0 Å². The Bertz CT molecular complexity index is 643. The molecule has 1 aromatic carbocycles. The number of rotatable bonds is 5. The van der Waals surface area contributed by atoms with Gasteiger partial charge in [0.1, 0.15) is 0 Å². The Balaban J connectivity index is 1.27. The average Bonchev–Trinajstić information content (AvgIpc) is 2.84. The van der Waals surface area contributed by atoms with E-state index < -0.39 is 0 Å². The van der Waals surface area contributed by atoms with E-state index in [-0.39, 0.29) is 0 Å². The standard InChI is InChI=1S/C21H27N3O/c1-2-7-18(8-3-1)13-23-11-6-12-25-20(16-23)17-24-14-19(15-24)21-9-4-5-10-22-21/h1-5,7-10,19-20H,6,11-17H2/t20-/m1/s1. The molecule has 2 fully saturated rings. The van der Waals surface area contributed by atoms with E-state index in [2.05, 4.69) is 57.2 Å². The van der Waals surface area contributed by atoms with Crippen molar-refractivity contribution >= 4 is 0 Å². The zero-order valence-corrected chi connectivity index (χ0v) is 14.8. The fraction of sp³-hybridized carbons (Fsp3) is 0.476. The predicted octanol–water partition coefficient (Wildman–Crippen LogP) is 2.77. The number of pyridine rings is 1. The van der Waals surface area contributed by atoms with E-state index in [0.717, 1.165) is 52.3 Å². The number of ether oxygens (including phenoxy) is 1. The van der Waals surface area contributed by atoms with Crippen molar-refractivity contribution < 1.29 is 4.74 Å². The van der Waals surface area contributed by atoms with Crippen LogP contribution in [0.1, 0.15) is 23.6 Å². The maximum Gasteiger partial charge on any atom is 0.0828 e. The molecule has 4 nitrogen and oxygen atoms in total. The Morgan fingerprint density at radius 1 is 0.960 bits per heavy atom. The van der Waals surface area contributed by atoms with Crippen molar-refractivity contribution in [3.63, 3.8) is 0 Å². The van der Waals surface area contributed by atoms with Crippen LogP contribution < -0.4 is 0 Å². The van der Waals surface area contributed by atoms with Crippen LogP contribution in [-0.2, 0) is 11.3 Å². The highest BCUT2D eigenvalue weighted by Crippen LogP contribution is 2.26. The summed E-state index contributed by atoms with van der Waals surface area (Å²) in [7, 11) is 0. The lowest BCUT2D eigenvalue weighted by atomic mass is 9.95. The summed E-state index contributed by atoms with van der Waals surface area (Å²) in [5.41, 5.74) is 2.62. The van der Waals surface area contributed by atoms with Crippen molar-refractivity contribution in [2.24, 2.45) is 0 Å². The second-order valence-corrected chi connectivity index (χ2v) is 7.24. The largest absolute Gasteiger partial charge is 0.376 e. The molecular formula is C21H27N3O. The molecule has 1 atom stereocenters. The second-order valence-electron chi connectivity index (χ2n) is 7.24. The molecule has 3 heterocycles. The van der Waals surface area contributed by atoms with Crippen LogP contribution in [0.3, 0.4) is 0 Å². The van der Waals surface area contributed by atoms with Gasteiger partial charge in [-0.05, 0) is 24.1 Å². The highest BCUT2D eigenvalue weighted by Gasteiger charge is 2.31. The molecule has 0 aliphatic carbocycles. The van der Waals surface area contributed by atoms with E-state index in [0.29, 0.717) is 12.0 Å². The summed E-state index contributed by atoms with van der Waals surface area (Å²) in [5.74, 6) is 0.590. The summed E-state index contributed by atoms with van der Waals surface area (Å²) in [6.45, 7) is 7.31. The number of hydrogen-bond donors (Lipinski definition) is 0. The van der Waals surface area contributed by atoms with E-state index in [1.807, 2.05) is 12.3 Å². The van der Waals surface area contributed by atoms with Crippen LogP contribution >= 0.6 is 0 Å². The maximum atomic E-state index is 6.12. The molecule has 25 heavy (non-hydrogen) atoms. The third-order valence-corrected chi connectivity index (χ3v) is 5.21. The summed E-state index contributed by atoms with van der Waals surface area (Å²) in [6.07, 6.45) is 3.34. The Hall–Kier alpha value is -1.75. The van der Waals surface area contributed by atoms with Gasteiger partial charge in [-0.15, -0.1) is 0 Å². The Morgan fingerprint density at radius 2 is 1.80 bits per heavy atom. The van der Waals surface area contributed by atoms with Gasteiger partial charge in [0.05, 0.1) is 6.10 Å². The molecule has 0 radical (unpaired) electrons. The quantitative estimate of drug-likeness (QED) is 0.839. The molecule has 2 aliphatic rings. The zero-order chi connectivity index (χ0) is 16.9. The van der Waals surface area contributed by atoms with Gasteiger partial charge in [0, 0.05) is 63.7 Å². The molecule has 132 valence electrons. The van der Waals surface area contributed by atoms with E-state index in [9.17, 15) is 0 Å². The van der Waals surface area contributed by atoms with Crippen molar-refractivity contribution in [3.8, 4) is 0 Å². The summed E-state index contributed by atoms with van der Waals surface area (Å²) in [5, 5.41) is 0. The summed E-state index contributed by atoms with van der Waals surface area (Å²) in [6, 6.07) is 17.0. The van der Waals surface area contributed by atoms with Crippen LogP contribution in [0.4, 0.5) is 0 Å². The predicted molar refractivity (Wildman–Crippen MR) is 99.5 cm³/mol. The first-order valence-corrected chi connectivity index (χ1v) is 9.38. The number of likely N-dealkylation sites (tertiary alicyclic amines) is 1. The van der Waals surface area contributed by atoms with Gasteiger partial charge in [-0.2, -0.15) is 0 Å². The van der Waals surface area contributed by atoms with Crippen molar-refractivity contribution in [1.29, 1.82) is 0 Å². The van der Waals surface area contributed by atoms with Gasteiger partial charge >= 0.3 is 0 Å². The van der Waals surface area contributed by atoms with Gasteiger partial charge in [-0.25, -0.2) is 0 Å². The second kappa shape index (κ2) is 8.09. The fourth-order valence-corrected chi connectivity index (χ4v) is 3.88. The monoisotopic (exact) mass is 337 g/mol. The van der Waals surface area contributed by atoms with Crippen LogP contribution in [0.5, 0.6) is 0 Å². The van der Waals surface area contributed by atoms with Crippen molar-refractivity contribution in [3.05, 3.63) is 66.0 Å². The molecule has 2 aliphatic heterocycles. The third kappa shape index (κ3) is 4.46. The van der Waals surface area contributed by atoms with Crippen molar-refractivity contribution in [2.45, 2.75) is 25.0 Å². The van der Waals surface area contributed by atoms with Crippen molar-refractivity contribution in [1.82, 2.24) is 14.8 Å². The molecule has 4 rings (SSSR count). The average molecular weight is 337 g/mol. The minimum Gasteiger partial charge on any atom is -0.376 e. The first kappa shape index (κ1) is 16.7. The molecule has 2 aromatic rings. The lowest BCUT2D eigenvalue weighted by molar-refractivity contribution is 0.00473.